The van der Waals surface area contributed by atoms with E-state index in [1.165, 1.54) is 0 Å². The zero-order valence-corrected chi connectivity index (χ0v) is 9.90. The highest BCUT2D eigenvalue weighted by Gasteiger charge is 1.97. The van der Waals surface area contributed by atoms with Crippen molar-refractivity contribution in [3.63, 3.8) is 0 Å². The molecule has 0 aromatic heterocycles. The molecule has 72 valence electrons. The Morgan fingerprint density at radius 3 is 2.50 bits per heavy atom. The number of alkyl halides is 2. The van der Waals surface area contributed by atoms with Gasteiger partial charge in [0.1, 0.15) is 5.33 Å². The van der Waals surface area contributed by atoms with E-state index in [9.17, 15) is 4.79 Å². The van der Waals surface area contributed by atoms with Crippen molar-refractivity contribution in [3.05, 3.63) is 0 Å². The van der Waals surface area contributed by atoms with E-state index in [0.717, 1.165) is 11.8 Å². The maximum absolute atomic E-state index is 10.6. The van der Waals surface area contributed by atoms with Crippen LogP contribution in [0.1, 0.15) is 6.42 Å². The molecule has 0 fully saturated rings. The predicted molar refractivity (Wildman–Crippen MR) is 54.0 cm³/mol. The molecule has 0 saturated carbocycles. The van der Waals surface area contributed by atoms with Gasteiger partial charge in [0.15, 0.2) is 0 Å². The number of ether oxygens (including phenoxy) is 2. The molecule has 0 aliphatic heterocycles. The summed E-state index contributed by atoms with van der Waals surface area (Å²) >= 11 is 6.23. The maximum atomic E-state index is 10.6. The summed E-state index contributed by atoms with van der Waals surface area (Å²) < 4.78 is 9.94. The van der Waals surface area contributed by atoms with Crippen molar-refractivity contribution < 1.29 is 14.3 Å². The zero-order valence-electron chi connectivity index (χ0n) is 6.72. The molecule has 0 bridgehead atoms. The zero-order chi connectivity index (χ0) is 9.23. The molecule has 3 nitrogen and oxygen atoms in total. The number of carbonyl (C=O) groups excluding carboxylic acids is 1. The van der Waals surface area contributed by atoms with Crippen LogP contribution in [-0.4, -0.2) is 36.5 Å². The number of carbonyl (C=O) groups is 1. The maximum Gasteiger partial charge on any atom is 0.316 e. The van der Waals surface area contributed by atoms with E-state index in [1.807, 2.05) is 0 Å². The van der Waals surface area contributed by atoms with Crippen molar-refractivity contribution in [2.75, 3.05) is 30.5 Å². The quantitative estimate of drug-likeness (QED) is 0.408. The van der Waals surface area contributed by atoms with Crippen LogP contribution in [0.2, 0.25) is 0 Å². The van der Waals surface area contributed by atoms with Gasteiger partial charge in [-0.05, 0) is 0 Å². The second kappa shape index (κ2) is 9.48. The summed E-state index contributed by atoms with van der Waals surface area (Å²) in [5.41, 5.74) is 0. The molecule has 0 aromatic rings. The molecule has 0 atom stereocenters. The summed E-state index contributed by atoms with van der Waals surface area (Å²) in [7, 11) is 0. The molecule has 0 aromatic carbocycles. The lowest BCUT2D eigenvalue weighted by atomic mass is 10.5. The Hall–Kier alpha value is 0.390. The van der Waals surface area contributed by atoms with Gasteiger partial charge < -0.3 is 9.47 Å². The van der Waals surface area contributed by atoms with Crippen molar-refractivity contribution in [3.8, 4) is 0 Å². The Bertz CT molecular complexity index is 119. The smallest absolute Gasteiger partial charge is 0.316 e. The van der Waals surface area contributed by atoms with Crippen LogP contribution in [0.15, 0.2) is 0 Å². The van der Waals surface area contributed by atoms with Gasteiger partial charge in [-0.25, -0.2) is 0 Å². The van der Waals surface area contributed by atoms with Gasteiger partial charge in [0.05, 0.1) is 13.2 Å². The van der Waals surface area contributed by atoms with Gasteiger partial charge >= 0.3 is 5.97 Å². The topological polar surface area (TPSA) is 35.5 Å². The average Bonchev–Trinajstić information content (AvgIpc) is 2.10. The van der Waals surface area contributed by atoms with Crippen LogP contribution in [0.4, 0.5) is 0 Å². The van der Waals surface area contributed by atoms with Gasteiger partial charge in [0.2, 0.25) is 0 Å². The Morgan fingerprint density at radius 2 is 1.92 bits per heavy atom. The molecule has 0 spiro atoms. The van der Waals surface area contributed by atoms with E-state index in [1.54, 1.807) is 0 Å². The molecule has 0 saturated heterocycles. The van der Waals surface area contributed by atoms with Gasteiger partial charge in [-0.15, -0.1) is 0 Å². The van der Waals surface area contributed by atoms with E-state index < -0.39 is 0 Å². The van der Waals surface area contributed by atoms with Gasteiger partial charge in [-0.2, -0.15) is 0 Å². The standard InChI is InChI=1S/C7H12Br2O3/c8-2-5-11-3-1-4-12-7(10)6-9/h1-6H2. The molecule has 5 heteroatoms. The number of esters is 1. The van der Waals surface area contributed by atoms with E-state index in [-0.39, 0.29) is 11.3 Å². The van der Waals surface area contributed by atoms with Crippen LogP contribution in [0, 0.1) is 0 Å². The molecule has 0 aliphatic rings. The second-order valence-electron chi connectivity index (χ2n) is 2.01. The van der Waals surface area contributed by atoms with Crippen LogP contribution in [0.5, 0.6) is 0 Å². The Labute approximate surface area is 89.1 Å². The number of halogens is 2. The van der Waals surface area contributed by atoms with E-state index in [0.29, 0.717) is 19.8 Å². The van der Waals surface area contributed by atoms with Gasteiger partial charge in [0.25, 0.3) is 0 Å². The van der Waals surface area contributed by atoms with Crippen molar-refractivity contribution in [1.29, 1.82) is 0 Å². The third-order valence-electron chi connectivity index (χ3n) is 1.03. The highest BCUT2D eigenvalue weighted by molar-refractivity contribution is 9.09. The minimum absolute atomic E-state index is 0.226. The minimum atomic E-state index is -0.226. The van der Waals surface area contributed by atoms with Crippen molar-refractivity contribution in [2.24, 2.45) is 0 Å². The number of rotatable bonds is 7. The molecule has 0 unspecified atom stereocenters. The lowest BCUT2D eigenvalue weighted by molar-refractivity contribution is -0.140. The highest BCUT2D eigenvalue weighted by Crippen LogP contribution is 1.90. The van der Waals surface area contributed by atoms with Crippen LogP contribution < -0.4 is 0 Å². The Morgan fingerprint density at radius 1 is 1.17 bits per heavy atom. The normalized spacial score (nSPS) is 9.83. The highest BCUT2D eigenvalue weighted by atomic mass is 79.9. The summed E-state index contributed by atoms with van der Waals surface area (Å²) in [4.78, 5) is 10.6. The molecular weight excluding hydrogens is 292 g/mol. The van der Waals surface area contributed by atoms with E-state index >= 15 is 0 Å². The molecule has 0 rings (SSSR count). The monoisotopic (exact) mass is 302 g/mol. The summed E-state index contributed by atoms with van der Waals surface area (Å²) in [6.45, 7) is 1.78. The lowest BCUT2D eigenvalue weighted by Crippen LogP contribution is -2.09. The van der Waals surface area contributed by atoms with E-state index in [4.69, 9.17) is 9.47 Å². The van der Waals surface area contributed by atoms with Crippen LogP contribution in [0.25, 0.3) is 0 Å². The summed E-state index contributed by atoms with van der Waals surface area (Å²) in [5.74, 6) is -0.226. The fourth-order valence-electron chi connectivity index (χ4n) is 0.542. The van der Waals surface area contributed by atoms with Gasteiger partial charge in [-0.1, -0.05) is 31.9 Å². The molecule has 12 heavy (non-hydrogen) atoms. The van der Waals surface area contributed by atoms with Crippen molar-refractivity contribution in [2.45, 2.75) is 6.42 Å². The molecular formula is C7H12Br2O3. The van der Waals surface area contributed by atoms with Crippen LogP contribution in [-0.2, 0) is 14.3 Å². The largest absolute Gasteiger partial charge is 0.465 e. The third kappa shape index (κ3) is 8.49. The van der Waals surface area contributed by atoms with Crippen molar-refractivity contribution in [1.82, 2.24) is 0 Å². The minimum Gasteiger partial charge on any atom is -0.465 e. The predicted octanol–water partition coefficient (Wildman–Crippen LogP) is 1.73. The first-order valence-corrected chi connectivity index (χ1v) is 5.91. The fraction of sp³-hybridized carbons (Fsp3) is 0.857. The molecule has 0 N–H and O–H groups in total. The molecule has 0 heterocycles. The lowest BCUT2D eigenvalue weighted by Gasteiger charge is -2.02. The first-order chi connectivity index (χ1) is 5.81. The van der Waals surface area contributed by atoms with Gasteiger partial charge in [-0.3, -0.25) is 4.79 Å². The molecule has 0 aliphatic carbocycles. The molecule has 0 radical (unpaired) electrons. The Balaban J connectivity index is 2.95. The first kappa shape index (κ1) is 12.4. The number of hydrogen-bond donors (Lipinski definition) is 0. The average molecular weight is 304 g/mol. The number of hydrogen-bond acceptors (Lipinski definition) is 3. The Kier molecular flexibility index (Phi) is 9.79. The van der Waals surface area contributed by atoms with Crippen molar-refractivity contribution >= 4 is 37.8 Å². The third-order valence-corrected chi connectivity index (χ3v) is 1.81. The van der Waals surface area contributed by atoms with Crippen LogP contribution >= 0.6 is 31.9 Å². The van der Waals surface area contributed by atoms with Crippen LogP contribution in [0.3, 0.4) is 0 Å². The molecule has 0 amide bonds. The van der Waals surface area contributed by atoms with Gasteiger partial charge in [0, 0.05) is 18.4 Å². The summed E-state index contributed by atoms with van der Waals surface area (Å²) in [6, 6.07) is 0. The second-order valence-corrected chi connectivity index (χ2v) is 3.36. The summed E-state index contributed by atoms with van der Waals surface area (Å²) in [6.07, 6.45) is 0.756. The SMILES string of the molecule is O=C(CBr)OCCCOCCBr. The van der Waals surface area contributed by atoms with E-state index in [2.05, 4.69) is 31.9 Å². The fourth-order valence-corrected chi connectivity index (χ4v) is 0.933. The summed E-state index contributed by atoms with van der Waals surface area (Å²) in [5, 5.41) is 1.10. The first-order valence-electron chi connectivity index (χ1n) is 3.66.